The summed E-state index contributed by atoms with van der Waals surface area (Å²) in [6.07, 6.45) is 2.20. The molecule has 0 fully saturated rings. The molecule has 0 aromatic heterocycles. The Morgan fingerprint density at radius 2 is 2.36 bits per heavy atom. The number of fused-ring (bicyclic) bond motifs is 1. The highest BCUT2D eigenvalue weighted by atomic mass is 16.5. The van der Waals surface area contributed by atoms with Crippen LogP contribution in [0.5, 0.6) is 0 Å². The van der Waals surface area contributed by atoms with E-state index in [1.807, 2.05) is 12.1 Å². The number of hydrogen-bond acceptors (Lipinski definition) is 1. The smallest absolute Gasteiger partial charge is 0.0942 e. The molecule has 0 N–H and O–H groups in total. The number of anilines is 1. The van der Waals surface area contributed by atoms with Gasteiger partial charge < -0.3 is 4.90 Å². The van der Waals surface area contributed by atoms with Gasteiger partial charge >= 0.3 is 0 Å². The van der Waals surface area contributed by atoms with Crippen LogP contribution in [0.4, 0.5) is 11.4 Å². The molecule has 1 aromatic carbocycles. The molecule has 2 rings (SSSR count). The first-order chi connectivity index (χ1) is 6.85. The fourth-order valence-electron chi connectivity index (χ4n) is 2.02. The molecule has 3 heteroatoms. The molecule has 0 atom stereocenters. The summed E-state index contributed by atoms with van der Waals surface area (Å²) >= 11 is 0. The van der Waals surface area contributed by atoms with Crippen molar-refractivity contribution in [2.75, 3.05) is 18.0 Å². The SMILES string of the molecule is CCCN1CCc2cc([N][O])ccc21. The van der Waals surface area contributed by atoms with Crippen LogP contribution in [0.2, 0.25) is 0 Å². The lowest BCUT2D eigenvalue weighted by Gasteiger charge is -2.17. The highest BCUT2D eigenvalue weighted by Gasteiger charge is 2.18. The van der Waals surface area contributed by atoms with Crippen LogP contribution in [0.3, 0.4) is 0 Å². The van der Waals surface area contributed by atoms with Crippen molar-refractivity contribution in [3.05, 3.63) is 23.8 Å². The van der Waals surface area contributed by atoms with Crippen molar-refractivity contribution in [2.45, 2.75) is 19.8 Å². The summed E-state index contributed by atoms with van der Waals surface area (Å²) in [5.41, 5.74) is 6.03. The van der Waals surface area contributed by atoms with Crippen molar-refractivity contribution in [1.82, 2.24) is 5.48 Å². The molecule has 0 unspecified atom stereocenters. The van der Waals surface area contributed by atoms with Gasteiger partial charge in [-0.3, -0.25) is 0 Å². The first-order valence-electron chi connectivity index (χ1n) is 5.06. The Morgan fingerprint density at radius 3 is 3.07 bits per heavy atom. The Bertz CT molecular complexity index is 325. The number of hydrogen-bond donors (Lipinski definition) is 0. The van der Waals surface area contributed by atoms with Gasteiger partial charge in [-0.1, -0.05) is 17.6 Å². The van der Waals surface area contributed by atoms with Crippen molar-refractivity contribution >= 4 is 11.4 Å². The molecule has 1 aromatic rings. The third kappa shape index (κ3) is 1.55. The van der Waals surface area contributed by atoms with E-state index < -0.39 is 0 Å². The summed E-state index contributed by atoms with van der Waals surface area (Å²) in [5, 5.41) is 10.3. The first-order valence-corrected chi connectivity index (χ1v) is 5.06. The molecule has 2 radical (unpaired) electrons. The monoisotopic (exact) mass is 190 g/mol. The van der Waals surface area contributed by atoms with Crippen molar-refractivity contribution < 1.29 is 5.21 Å². The molecule has 0 amide bonds. The highest BCUT2D eigenvalue weighted by Crippen LogP contribution is 2.30. The first kappa shape index (κ1) is 9.34. The van der Waals surface area contributed by atoms with Crippen LogP contribution in [0, 0.1) is 0 Å². The highest BCUT2D eigenvalue weighted by molar-refractivity contribution is 5.62. The molecule has 0 saturated heterocycles. The summed E-state index contributed by atoms with van der Waals surface area (Å²) in [7, 11) is 0. The summed E-state index contributed by atoms with van der Waals surface area (Å²) in [6.45, 7) is 4.35. The van der Waals surface area contributed by atoms with Gasteiger partial charge in [-0.25, -0.2) is 0 Å². The van der Waals surface area contributed by atoms with Crippen molar-refractivity contribution in [3.63, 3.8) is 0 Å². The van der Waals surface area contributed by atoms with Crippen LogP contribution in [0.1, 0.15) is 18.9 Å². The van der Waals surface area contributed by atoms with Crippen LogP contribution >= 0.6 is 0 Å². The Hall–Kier alpha value is -1.22. The van der Waals surface area contributed by atoms with E-state index in [-0.39, 0.29) is 0 Å². The molecule has 0 spiro atoms. The van der Waals surface area contributed by atoms with E-state index in [1.54, 1.807) is 6.07 Å². The largest absolute Gasteiger partial charge is 0.371 e. The second kappa shape index (κ2) is 3.88. The standard InChI is InChI=1S/C11H14N2O/c1-2-6-13-7-5-9-8-10(12-14)3-4-11(9)13/h3-4,8H,2,5-7H2,1H3. The van der Waals surface area contributed by atoms with Gasteiger partial charge in [0, 0.05) is 18.8 Å². The second-order valence-electron chi connectivity index (χ2n) is 3.64. The van der Waals surface area contributed by atoms with Gasteiger partial charge in [0.1, 0.15) is 0 Å². The molecule has 1 heterocycles. The molecular weight excluding hydrogens is 176 g/mol. The maximum Gasteiger partial charge on any atom is 0.0942 e. The van der Waals surface area contributed by atoms with E-state index >= 15 is 0 Å². The van der Waals surface area contributed by atoms with Gasteiger partial charge in [0.05, 0.1) is 5.69 Å². The summed E-state index contributed by atoms with van der Waals surface area (Å²) in [6, 6.07) is 5.70. The van der Waals surface area contributed by atoms with Gasteiger partial charge in [-0.05, 0) is 36.6 Å². The minimum Gasteiger partial charge on any atom is -0.371 e. The van der Waals surface area contributed by atoms with E-state index in [2.05, 4.69) is 17.3 Å². The molecule has 0 aliphatic carbocycles. The molecule has 1 aliphatic heterocycles. The van der Waals surface area contributed by atoms with E-state index in [1.165, 1.54) is 11.3 Å². The van der Waals surface area contributed by atoms with Crippen molar-refractivity contribution in [1.29, 1.82) is 0 Å². The van der Waals surface area contributed by atoms with E-state index in [0.29, 0.717) is 5.69 Å². The lowest BCUT2D eigenvalue weighted by atomic mass is 10.1. The van der Waals surface area contributed by atoms with Gasteiger partial charge in [0.15, 0.2) is 0 Å². The molecule has 3 nitrogen and oxygen atoms in total. The van der Waals surface area contributed by atoms with Gasteiger partial charge in [-0.2, -0.15) is 0 Å². The third-order valence-electron chi connectivity index (χ3n) is 2.65. The van der Waals surface area contributed by atoms with E-state index in [9.17, 15) is 5.21 Å². The zero-order chi connectivity index (χ0) is 9.97. The molecule has 1 aliphatic rings. The number of rotatable bonds is 3. The maximum absolute atomic E-state index is 10.3. The zero-order valence-corrected chi connectivity index (χ0v) is 8.36. The zero-order valence-electron chi connectivity index (χ0n) is 8.36. The molecule has 0 saturated carbocycles. The topological polar surface area (TPSA) is 37.2 Å². The quantitative estimate of drug-likeness (QED) is 0.672. The maximum atomic E-state index is 10.3. The Kier molecular flexibility index (Phi) is 2.59. The molecule has 0 bridgehead atoms. The normalized spacial score (nSPS) is 14.3. The number of nitrogens with zero attached hydrogens (tertiary/aromatic N) is 2. The van der Waals surface area contributed by atoms with Gasteiger partial charge in [-0.15, -0.1) is 0 Å². The summed E-state index contributed by atoms with van der Waals surface area (Å²) in [5.74, 6) is 0. The predicted octanol–water partition coefficient (Wildman–Crippen LogP) is 2.04. The average Bonchev–Trinajstić information content (AvgIpc) is 2.61. The Labute approximate surface area is 84.3 Å². The second-order valence-corrected chi connectivity index (χ2v) is 3.64. The van der Waals surface area contributed by atoms with Crippen molar-refractivity contribution in [2.24, 2.45) is 0 Å². The predicted molar refractivity (Wildman–Crippen MR) is 55.1 cm³/mol. The van der Waals surface area contributed by atoms with Crippen LogP contribution in [-0.4, -0.2) is 13.1 Å². The molecule has 14 heavy (non-hydrogen) atoms. The lowest BCUT2D eigenvalue weighted by molar-refractivity contribution is 0.111. The van der Waals surface area contributed by atoms with Crippen LogP contribution in [-0.2, 0) is 11.6 Å². The van der Waals surface area contributed by atoms with Crippen LogP contribution in [0.25, 0.3) is 0 Å². The van der Waals surface area contributed by atoms with Gasteiger partial charge in [0.25, 0.3) is 0 Å². The van der Waals surface area contributed by atoms with E-state index in [0.717, 1.165) is 25.9 Å². The van der Waals surface area contributed by atoms with Gasteiger partial charge in [0.2, 0.25) is 0 Å². The minimum atomic E-state index is 0.544. The lowest BCUT2D eigenvalue weighted by Crippen LogP contribution is -2.20. The fourth-order valence-corrected chi connectivity index (χ4v) is 2.02. The van der Waals surface area contributed by atoms with Crippen molar-refractivity contribution in [3.8, 4) is 0 Å². The average molecular weight is 190 g/mol. The van der Waals surface area contributed by atoms with Crippen LogP contribution in [0.15, 0.2) is 18.2 Å². The summed E-state index contributed by atoms with van der Waals surface area (Å²) in [4.78, 5) is 2.36. The molecular formula is C11H14N2O. The van der Waals surface area contributed by atoms with Crippen LogP contribution < -0.4 is 10.4 Å². The number of benzene rings is 1. The fraction of sp³-hybridized carbons (Fsp3) is 0.455. The van der Waals surface area contributed by atoms with E-state index in [4.69, 9.17) is 0 Å². The third-order valence-corrected chi connectivity index (χ3v) is 2.65. The Balaban J connectivity index is 2.24. The molecule has 74 valence electrons. The Morgan fingerprint density at radius 1 is 1.50 bits per heavy atom. The minimum absolute atomic E-state index is 0.544. The summed E-state index contributed by atoms with van der Waals surface area (Å²) < 4.78 is 0.